The van der Waals surface area contributed by atoms with Gasteiger partial charge in [-0.15, -0.1) is 0 Å². The largest absolute Gasteiger partial charge is 0.380 e. The van der Waals surface area contributed by atoms with Crippen LogP contribution in [0.25, 0.3) is 0 Å². The standard InChI is InChI=1S/C13H27NO/c1-3-4-5-6-7-11-14-12-9-8-10-13(12)15-2/h12-14H,3-11H2,1-2H3. The Kier molecular flexibility index (Phi) is 7.03. The molecule has 2 nitrogen and oxygen atoms in total. The van der Waals surface area contributed by atoms with Gasteiger partial charge in [0.15, 0.2) is 0 Å². The van der Waals surface area contributed by atoms with Crippen molar-refractivity contribution in [2.24, 2.45) is 0 Å². The highest BCUT2D eigenvalue weighted by Gasteiger charge is 2.25. The van der Waals surface area contributed by atoms with Crippen LogP contribution in [-0.4, -0.2) is 25.8 Å². The second-order valence-corrected chi connectivity index (χ2v) is 4.68. The molecular formula is C13H27NO. The van der Waals surface area contributed by atoms with Gasteiger partial charge in [0.05, 0.1) is 6.10 Å². The lowest BCUT2D eigenvalue weighted by atomic mass is 10.1. The molecule has 2 atom stereocenters. The lowest BCUT2D eigenvalue weighted by molar-refractivity contribution is 0.0852. The fraction of sp³-hybridized carbons (Fsp3) is 1.00. The molecule has 0 aromatic heterocycles. The molecule has 1 aliphatic carbocycles. The molecule has 0 heterocycles. The van der Waals surface area contributed by atoms with Gasteiger partial charge in [0.25, 0.3) is 0 Å². The molecule has 1 fully saturated rings. The molecule has 2 unspecified atom stereocenters. The maximum Gasteiger partial charge on any atom is 0.0724 e. The summed E-state index contributed by atoms with van der Waals surface area (Å²) in [6, 6.07) is 0.626. The highest BCUT2D eigenvalue weighted by molar-refractivity contribution is 4.83. The molecule has 0 aromatic carbocycles. The summed E-state index contributed by atoms with van der Waals surface area (Å²) in [5.41, 5.74) is 0. The number of unbranched alkanes of at least 4 members (excludes halogenated alkanes) is 4. The summed E-state index contributed by atoms with van der Waals surface area (Å²) < 4.78 is 5.46. The maximum absolute atomic E-state index is 5.46. The van der Waals surface area contributed by atoms with Gasteiger partial charge in [-0.25, -0.2) is 0 Å². The van der Waals surface area contributed by atoms with E-state index in [2.05, 4.69) is 12.2 Å². The Bertz CT molecular complexity index is 149. The molecule has 0 radical (unpaired) electrons. The van der Waals surface area contributed by atoms with Crippen molar-refractivity contribution in [2.75, 3.05) is 13.7 Å². The van der Waals surface area contributed by atoms with E-state index in [0.29, 0.717) is 12.1 Å². The van der Waals surface area contributed by atoms with E-state index >= 15 is 0 Å². The zero-order valence-electron chi connectivity index (χ0n) is 10.4. The van der Waals surface area contributed by atoms with Gasteiger partial charge in [-0.2, -0.15) is 0 Å². The maximum atomic E-state index is 5.46. The number of methoxy groups -OCH3 is 1. The van der Waals surface area contributed by atoms with E-state index in [1.165, 1.54) is 57.9 Å². The summed E-state index contributed by atoms with van der Waals surface area (Å²) >= 11 is 0. The molecule has 0 aliphatic heterocycles. The van der Waals surface area contributed by atoms with Gasteiger partial charge in [-0.05, 0) is 32.2 Å². The average molecular weight is 213 g/mol. The number of hydrogen-bond donors (Lipinski definition) is 1. The van der Waals surface area contributed by atoms with Gasteiger partial charge in [0.2, 0.25) is 0 Å². The normalized spacial score (nSPS) is 26.0. The van der Waals surface area contributed by atoms with Crippen molar-refractivity contribution in [3.8, 4) is 0 Å². The zero-order chi connectivity index (χ0) is 10.9. The summed E-state index contributed by atoms with van der Waals surface area (Å²) in [5.74, 6) is 0. The van der Waals surface area contributed by atoms with Crippen LogP contribution in [0.1, 0.15) is 58.3 Å². The topological polar surface area (TPSA) is 21.3 Å². The van der Waals surface area contributed by atoms with Crippen molar-refractivity contribution in [3.63, 3.8) is 0 Å². The van der Waals surface area contributed by atoms with Gasteiger partial charge in [-0.3, -0.25) is 0 Å². The predicted molar refractivity (Wildman–Crippen MR) is 65.2 cm³/mol. The predicted octanol–water partition coefficient (Wildman–Crippen LogP) is 3.11. The average Bonchev–Trinajstić information content (AvgIpc) is 2.70. The molecule has 1 N–H and O–H groups in total. The van der Waals surface area contributed by atoms with Gasteiger partial charge < -0.3 is 10.1 Å². The Morgan fingerprint density at radius 2 is 1.93 bits per heavy atom. The molecule has 0 aromatic rings. The summed E-state index contributed by atoms with van der Waals surface area (Å²) in [4.78, 5) is 0. The summed E-state index contributed by atoms with van der Waals surface area (Å²) in [6.45, 7) is 3.44. The Hall–Kier alpha value is -0.0800. The summed E-state index contributed by atoms with van der Waals surface area (Å²) in [7, 11) is 1.84. The number of nitrogens with one attached hydrogen (secondary N) is 1. The molecule has 0 spiro atoms. The third-order valence-corrected chi connectivity index (χ3v) is 3.44. The molecule has 1 saturated carbocycles. The molecule has 1 rings (SSSR count). The van der Waals surface area contributed by atoms with E-state index in [-0.39, 0.29) is 0 Å². The van der Waals surface area contributed by atoms with Gasteiger partial charge in [0.1, 0.15) is 0 Å². The molecule has 0 saturated heterocycles. The van der Waals surface area contributed by atoms with Crippen LogP contribution in [-0.2, 0) is 4.74 Å². The van der Waals surface area contributed by atoms with Crippen molar-refractivity contribution in [1.82, 2.24) is 5.32 Å². The van der Waals surface area contributed by atoms with Crippen molar-refractivity contribution >= 4 is 0 Å². The number of ether oxygens (including phenoxy) is 1. The molecule has 1 aliphatic rings. The van der Waals surface area contributed by atoms with Crippen LogP contribution in [0.5, 0.6) is 0 Å². The van der Waals surface area contributed by atoms with E-state index in [0.717, 1.165) is 0 Å². The highest BCUT2D eigenvalue weighted by Crippen LogP contribution is 2.21. The molecule has 90 valence electrons. The van der Waals surface area contributed by atoms with E-state index < -0.39 is 0 Å². The monoisotopic (exact) mass is 213 g/mol. The lowest BCUT2D eigenvalue weighted by Crippen LogP contribution is -2.37. The third kappa shape index (κ3) is 4.98. The van der Waals surface area contributed by atoms with Crippen LogP contribution in [0.4, 0.5) is 0 Å². The van der Waals surface area contributed by atoms with Gasteiger partial charge >= 0.3 is 0 Å². The van der Waals surface area contributed by atoms with E-state index in [1.54, 1.807) is 0 Å². The minimum absolute atomic E-state index is 0.473. The molecule has 15 heavy (non-hydrogen) atoms. The van der Waals surface area contributed by atoms with E-state index in [9.17, 15) is 0 Å². The second-order valence-electron chi connectivity index (χ2n) is 4.68. The van der Waals surface area contributed by atoms with Gasteiger partial charge in [0, 0.05) is 13.2 Å². The van der Waals surface area contributed by atoms with Crippen LogP contribution < -0.4 is 5.32 Å². The summed E-state index contributed by atoms with van der Waals surface area (Å²) in [5, 5.41) is 3.63. The van der Waals surface area contributed by atoms with Crippen LogP contribution in [0.2, 0.25) is 0 Å². The summed E-state index contributed by atoms with van der Waals surface area (Å²) in [6.07, 6.45) is 11.2. The van der Waals surface area contributed by atoms with Crippen molar-refractivity contribution in [3.05, 3.63) is 0 Å². The second kappa shape index (κ2) is 8.12. The first-order valence-corrected chi connectivity index (χ1v) is 6.64. The van der Waals surface area contributed by atoms with Crippen molar-refractivity contribution in [1.29, 1.82) is 0 Å². The van der Waals surface area contributed by atoms with E-state index in [4.69, 9.17) is 4.74 Å². The minimum Gasteiger partial charge on any atom is -0.380 e. The van der Waals surface area contributed by atoms with E-state index in [1.807, 2.05) is 7.11 Å². The highest BCUT2D eigenvalue weighted by atomic mass is 16.5. The minimum atomic E-state index is 0.473. The van der Waals surface area contributed by atoms with Crippen LogP contribution in [0.15, 0.2) is 0 Å². The van der Waals surface area contributed by atoms with Crippen LogP contribution >= 0.6 is 0 Å². The van der Waals surface area contributed by atoms with Crippen molar-refractivity contribution in [2.45, 2.75) is 70.4 Å². The van der Waals surface area contributed by atoms with Gasteiger partial charge in [-0.1, -0.05) is 32.6 Å². The first-order valence-electron chi connectivity index (χ1n) is 6.64. The van der Waals surface area contributed by atoms with Crippen molar-refractivity contribution < 1.29 is 4.74 Å². The number of rotatable bonds is 8. The third-order valence-electron chi connectivity index (χ3n) is 3.44. The first-order chi connectivity index (χ1) is 7.38. The quantitative estimate of drug-likeness (QED) is 0.626. The molecule has 0 bridgehead atoms. The number of hydrogen-bond acceptors (Lipinski definition) is 2. The fourth-order valence-electron chi connectivity index (χ4n) is 2.46. The SMILES string of the molecule is CCCCCCCNC1CCCC1OC. The fourth-order valence-corrected chi connectivity index (χ4v) is 2.46. The smallest absolute Gasteiger partial charge is 0.0724 e. The Labute approximate surface area is 94.8 Å². The zero-order valence-corrected chi connectivity index (χ0v) is 10.4. The molecular weight excluding hydrogens is 186 g/mol. The van der Waals surface area contributed by atoms with Crippen LogP contribution in [0, 0.1) is 0 Å². The first kappa shape index (κ1) is 13.0. The molecule has 2 heteroatoms. The van der Waals surface area contributed by atoms with Crippen LogP contribution in [0.3, 0.4) is 0 Å². The molecule has 0 amide bonds. The lowest BCUT2D eigenvalue weighted by Gasteiger charge is -2.19. The Morgan fingerprint density at radius 1 is 1.13 bits per heavy atom. The Balaban J connectivity index is 1.95. The Morgan fingerprint density at radius 3 is 2.67 bits per heavy atom.